The summed E-state index contributed by atoms with van der Waals surface area (Å²) in [5.74, 6) is 0.611. The fraction of sp³-hybridized carbons (Fsp3) is 0.174. The molecule has 0 radical (unpaired) electrons. The van der Waals surface area contributed by atoms with E-state index in [9.17, 15) is 4.79 Å². The SMILES string of the molecule is CC(C)(C)c1nc2ccc(Br)cc2c(=O)n1N=Cc1cccn1-c1ccc(Br)cc1. The molecule has 0 aliphatic rings. The number of hydrogen-bond donors (Lipinski definition) is 0. The standard InChI is InChI=1S/C23H20Br2N4O/c1-23(2,3)22-27-20-11-8-16(25)13-19(20)21(30)29(22)26-14-18-5-4-12-28(18)17-9-6-15(24)7-10-17/h4-14H,1-3H3. The predicted molar refractivity (Wildman–Crippen MR) is 129 cm³/mol. The summed E-state index contributed by atoms with van der Waals surface area (Å²) >= 11 is 6.90. The van der Waals surface area contributed by atoms with Crippen LogP contribution in [0.25, 0.3) is 16.6 Å². The summed E-state index contributed by atoms with van der Waals surface area (Å²) in [6.45, 7) is 6.07. The summed E-state index contributed by atoms with van der Waals surface area (Å²) in [5.41, 5.74) is 1.99. The van der Waals surface area contributed by atoms with Gasteiger partial charge in [0.15, 0.2) is 0 Å². The molecule has 0 spiro atoms. The first-order chi connectivity index (χ1) is 14.2. The van der Waals surface area contributed by atoms with E-state index in [1.165, 1.54) is 4.68 Å². The molecule has 7 heteroatoms. The van der Waals surface area contributed by atoms with Crippen LogP contribution in [0.5, 0.6) is 0 Å². The van der Waals surface area contributed by atoms with Crippen LogP contribution in [-0.4, -0.2) is 20.4 Å². The van der Waals surface area contributed by atoms with Gasteiger partial charge < -0.3 is 4.57 Å². The van der Waals surface area contributed by atoms with Crippen LogP contribution >= 0.6 is 31.9 Å². The third-order valence-corrected chi connectivity index (χ3v) is 5.69. The number of nitrogens with zero attached hydrogens (tertiary/aromatic N) is 4. The van der Waals surface area contributed by atoms with Crippen molar-refractivity contribution in [3.05, 3.63) is 91.6 Å². The zero-order valence-electron chi connectivity index (χ0n) is 16.8. The number of benzene rings is 2. The number of fused-ring (bicyclic) bond motifs is 1. The molecule has 0 saturated carbocycles. The van der Waals surface area contributed by atoms with Crippen LogP contribution in [0.15, 0.2) is 79.6 Å². The third kappa shape index (κ3) is 4.04. The van der Waals surface area contributed by atoms with Gasteiger partial charge in [0.1, 0.15) is 5.82 Å². The minimum absolute atomic E-state index is 0.191. The van der Waals surface area contributed by atoms with E-state index in [4.69, 9.17) is 4.98 Å². The first-order valence-electron chi connectivity index (χ1n) is 9.44. The summed E-state index contributed by atoms with van der Waals surface area (Å²) in [6.07, 6.45) is 3.66. The van der Waals surface area contributed by atoms with Crippen LogP contribution in [-0.2, 0) is 5.41 Å². The van der Waals surface area contributed by atoms with E-state index in [0.717, 1.165) is 20.3 Å². The van der Waals surface area contributed by atoms with Gasteiger partial charge in [0.25, 0.3) is 5.56 Å². The zero-order chi connectivity index (χ0) is 21.5. The Kier molecular flexibility index (Phi) is 5.51. The van der Waals surface area contributed by atoms with Crippen molar-refractivity contribution in [1.82, 2.24) is 14.2 Å². The second kappa shape index (κ2) is 7.96. The highest BCUT2D eigenvalue weighted by Gasteiger charge is 2.23. The van der Waals surface area contributed by atoms with E-state index >= 15 is 0 Å². The molecular formula is C23H20Br2N4O. The van der Waals surface area contributed by atoms with E-state index in [1.807, 2.05) is 80.1 Å². The molecule has 0 N–H and O–H groups in total. The molecule has 0 fully saturated rings. The Labute approximate surface area is 191 Å². The van der Waals surface area contributed by atoms with Gasteiger partial charge in [0, 0.05) is 26.2 Å². The largest absolute Gasteiger partial charge is 0.316 e. The molecule has 0 aliphatic carbocycles. The highest BCUT2D eigenvalue weighted by Crippen LogP contribution is 2.23. The Balaban J connectivity index is 1.86. The van der Waals surface area contributed by atoms with Crippen molar-refractivity contribution in [2.24, 2.45) is 5.10 Å². The van der Waals surface area contributed by atoms with Crippen molar-refractivity contribution in [3.8, 4) is 5.69 Å². The van der Waals surface area contributed by atoms with Crippen LogP contribution in [0.3, 0.4) is 0 Å². The van der Waals surface area contributed by atoms with Crippen molar-refractivity contribution >= 4 is 49.0 Å². The van der Waals surface area contributed by atoms with Gasteiger partial charge in [0.05, 0.1) is 22.8 Å². The number of aromatic nitrogens is 3. The second-order valence-electron chi connectivity index (χ2n) is 7.99. The highest BCUT2D eigenvalue weighted by atomic mass is 79.9. The average molecular weight is 528 g/mol. The molecule has 5 nitrogen and oxygen atoms in total. The van der Waals surface area contributed by atoms with E-state index < -0.39 is 0 Å². The lowest BCUT2D eigenvalue weighted by atomic mass is 9.95. The lowest BCUT2D eigenvalue weighted by Crippen LogP contribution is -2.29. The summed E-state index contributed by atoms with van der Waals surface area (Å²) < 4.78 is 5.27. The monoisotopic (exact) mass is 526 g/mol. The minimum atomic E-state index is -0.356. The highest BCUT2D eigenvalue weighted by molar-refractivity contribution is 9.10. The molecule has 0 atom stereocenters. The lowest BCUT2D eigenvalue weighted by molar-refractivity contribution is 0.506. The first-order valence-corrected chi connectivity index (χ1v) is 11.0. The van der Waals surface area contributed by atoms with Crippen LogP contribution in [0, 0.1) is 0 Å². The van der Waals surface area contributed by atoms with Gasteiger partial charge in [-0.2, -0.15) is 9.78 Å². The van der Waals surface area contributed by atoms with Gasteiger partial charge in [0.2, 0.25) is 0 Å². The molecule has 0 unspecified atom stereocenters. The van der Waals surface area contributed by atoms with Gasteiger partial charge in [-0.3, -0.25) is 4.79 Å². The molecule has 4 rings (SSSR count). The molecule has 152 valence electrons. The van der Waals surface area contributed by atoms with Crippen molar-refractivity contribution in [1.29, 1.82) is 0 Å². The number of rotatable bonds is 3. The minimum Gasteiger partial charge on any atom is -0.316 e. The smallest absolute Gasteiger partial charge is 0.282 e. The van der Waals surface area contributed by atoms with Gasteiger partial charge in [-0.05, 0) is 54.6 Å². The van der Waals surface area contributed by atoms with Crippen LogP contribution < -0.4 is 5.56 Å². The van der Waals surface area contributed by atoms with E-state index in [1.54, 1.807) is 12.3 Å². The fourth-order valence-corrected chi connectivity index (χ4v) is 3.82. The summed E-state index contributed by atoms with van der Waals surface area (Å²) in [7, 11) is 0. The molecule has 30 heavy (non-hydrogen) atoms. The Morgan fingerprint density at radius 3 is 2.40 bits per heavy atom. The Hall–Kier alpha value is -2.51. The van der Waals surface area contributed by atoms with E-state index in [-0.39, 0.29) is 11.0 Å². The fourth-order valence-electron chi connectivity index (χ4n) is 3.19. The summed E-state index contributed by atoms with van der Waals surface area (Å²) in [6, 6.07) is 17.4. The molecule has 0 bridgehead atoms. The molecule has 0 aliphatic heterocycles. The topological polar surface area (TPSA) is 52.2 Å². The van der Waals surface area contributed by atoms with Gasteiger partial charge >= 0.3 is 0 Å². The van der Waals surface area contributed by atoms with Crippen molar-refractivity contribution < 1.29 is 0 Å². The van der Waals surface area contributed by atoms with Crippen molar-refractivity contribution in [2.45, 2.75) is 26.2 Å². The number of halogens is 2. The van der Waals surface area contributed by atoms with Gasteiger partial charge in [-0.25, -0.2) is 4.98 Å². The molecule has 4 aromatic rings. The molecule has 2 heterocycles. The molecule has 2 aromatic carbocycles. The van der Waals surface area contributed by atoms with Crippen LogP contribution in [0.4, 0.5) is 0 Å². The average Bonchev–Trinajstić information content (AvgIpc) is 3.16. The quantitative estimate of drug-likeness (QED) is 0.312. The van der Waals surface area contributed by atoms with Crippen LogP contribution in [0.1, 0.15) is 32.3 Å². The normalized spacial score (nSPS) is 12.2. The lowest BCUT2D eigenvalue weighted by Gasteiger charge is -2.20. The molecule has 2 aromatic heterocycles. The Morgan fingerprint density at radius 1 is 1.00 bits per heavy atom. The summed E-state index contributed by atoms with van der Waals surface area (Å²) in [4.78, 5) is 18.0. The Bertz CT molecular complexity index is 1310. The van der Waals surface area contributed by atoms with Crippen LogP contribution in [0.2, 0.25) is 0 Å². The van der Waals surface area contributed by atoms with E-state index in [0.29, 0.717) is 16.7 Å². The molecule has 0 saturated heterocycles. The second-order valence-corrected chi connectivity index (χ2v) is 9.82. The Morgan fingerprint density at radius 2 is 1.70 bits per heavy atom. The predicted octanol–water partition coefficient (Wildman–Crippen LogP) is 5.89. The van der Waals surface area contributed by atoms with Crippen molar-refractivity contribution in [3.63, 3.8) is 0 Å². The summed E-state index contributed by atoms with van der Waals surface area (Å²) in [5, 5.41) is 5.10. The van der Waals surface area contributed by atoms with E-state index in [2.05, 4.69) is 37.0 Å². The maximum absolute atomic E-state index is 13.3. The van der Waals surface area contributed by atoms with Gasteiger partial charge in [-0.1, -0.05) is 52.6 Å². The van der Waals surface area contributed by atoms with Gasteiger partial charge in [-0.15, -0.1) is 0 Å². The maximum Gasteiger partial charge on any atom is 0.282 e. The van der Waals surface area contributed by atoms with Crippen molar-refractivity contribution in [2.75, 3.05) is 0 Å². The third-order valence-electron chi connectivity index (χ3n) is 4.67. The number of hydrogen-bond acceptors (Lipinski definition) is 3. The molecule has 0 amide bonds. The maximum atomic E-state index is 13.3. The molecular weight excluding hydrogens is 508 g/mol. The first kappa shape index (κ1) is 20.8. The zero-order valence-corrected chi connectivity index (χ0v) is 20.0.